The minimum Gasteiger partial charge on any atom is -0.483 e. The van der Waals surface area contributed by atoms with Crippen molar-refractivity contribution >= 4 is 21.7 Å². The molecule has 0 atom stereocenters. The Labute approximate surface area is 68.4 Å². The minimum absolute atomic E-state index is 0.0185. The number of carbonyl (C=O) groups excluding carboxylic acids is 1. The molecule has 1 aliphatic heterocycles. The van der Waals surface area contributed by atoms with Gasteiger partial charge in [0.25, 0.3) is 0 Å². The van der Waals surface area contributed by atoms with E-state index in [1.165, 1.54) is 0 Å². The maximum atomic E-state index is 11.2. The lowest BCUT2D eigenvalue weighted by atomic mass is 10.1. The second-order valence-electron chi connectivity index (χ2n) is 2.81. The summed E-state index contributed by atoms with van der Waals surface area (Å²) in [7, 11) is 0. The molecule has 0 N–H and O–H groups in total. The van der Waals surface area contributed by atoms with Crippen LogP contribution in [0.2, 0.25) is 0 Å². The van der Waals surface area contributed by atoms with Gasteiger partial charge in [-0.05, 0) is 36.7 Å². The summed E-state index contributed by atoms with van der Waals surface area (Å²) in [5.41, 5.74) is -0.664. The van der Waals surface area contributed by atoms with Crippen molar-refractivity contribution in [3.05, 3.63) is 10.2 Å². The van der Waals surface area contributed by atoms with Gasteiger partial charge in [0.1, 0.15) is 10.2 Å². The van der Waals surface area contributed by atoms with Crippen molar-refractivity contribution in [2.24, 2.45) is 0 Å². The fourth-order valence-electron chi connectivity index (χ4n) is 0.898. The van der Waals surface area contributed by atoms with Gasteiger partial charge < -0.3 is 4.74 Å². The molecular formula is C7H9BrO2. The molecule has 0 saturated carbocycles. The van der Waals surface area contributed by atoms with Crippen LogP contribution in [0.1, 0.15) is 20.8 Å². The van der Waals surface area contributed by atoms with Crippen LogP contribution >= 0.6 is 15.9 Å². The molecule has 1 rings (SSSR count). The smallest absolute Gasteiger partial charge is 0.216 e. The highest BCUT2D eigenvalue weighted by Gasteiger charge is 2.38. The standard InChI is InChI=1S/C7H9BrO2/c1-4-5(8)6(9)7(2,3)10-4/h1-3H3. The van der Waals surface area contributed by atoms with Crippen LogP contribution in [-0.4, -0.2) is 11.4 Å². The average Bonchev–Trinajstić information content (AvgIpc) is 1.95. The van der Waals surface area contributed by atoms with Crippen LogP contribution in [0.4, 0.5) is 0 Å². The molecule has 0 aromatic rings. The molecule has 1 aliphatic rings. The summed E-state index contributed by atoms with van der Waals surface area (Å²) in [6.45, 7) is 5.29. The van der Waals surface area contributed by atoms with Gasteiger partial charge in [-0.25, -0.2) is 0 Å². The number of carbonyl (C=O) groups is 1. The molecule has 56 valence electrons. The number of hydrogen-bond donors (Lipinski definition) is 0. The lowest BCUT2D eigenvalue weighted by Gasteiger charge is -2.15. The monoisotopic (exact) mass is 204 g/mol. The van der Waals surface area contributed by atoms with E-state index in [4.69, 9.17) is 4.74 Å². The molecular weight excluding hydrogens is 196 g/mol. The fraction of sp³-hybridized carbons (Fsp3) is 0.571. The summed E-state index contributed by atoms with van der Waals surface area (Å²) in [5, 5.41) is 0. The van der Waals surface area contributed by atoms with Crippen LogP contribution in [0.15, 0.2) is 10.2 Å². The first kappa shape index (κ1) is 7.79. The first-order chi connectivity index (χ1) is 4.45. The Hall–Kier alpha value is -0.310. The van der Waals surface area contributed by atoms with Gasteiger partial charge in [0.2, 0.25) is 5.78 Å². The van der Waals surface area contributed by atoms with Crippen molar-refractivity contribution in [3.8, 4) is 0 Å². The number of rotatable bonds is 0. The molecule has 0 fully saturated rings. The Balaban J connectivity index is 2.99. The molecule has 0 aromatic carbocycles. The van der Waals surface area contributed by atoms with Gasteiger partial charge >= 0.3 is 0 Å². The van der Waals surface area contributed by atoms with Gasteiger partial charge in [-0.15, -0.1) is 0 Å². The van der Waals surface area contributed by atoms with E-state index in [1.54, 1.807) is 20.8 Å². The Morgan fingerprint density at radius 2 is 2.00 bits per heavy atom. The van der Waals surface area contributed by atoms with Gasteiger partial charge in [-0.3, -0.25) is 4.79 Å². The Kier molecular flexibility index (Phi) is 1.63. The molecule has 2 nitrogen and oxygen atoms in total. The number of Topliss-reactive ketones (excluding diaryl/α,β-unsaturated/α-hetero) is 1. The summed E-state index contributed by atoms with van der Waals surface area (Å²) in [5.74, 6) is 0.694. The van der Waals surface area contributed by atoms with E-state index < -0.39 is 5.60 Å². The van der Waals surface area contributed by atoms with Gasteiger partial charge in [-0.1, -0.05) is 0 Å². The highest BCUT2D eigenvalue weighted by Crippen LogP contribution is 2.32. The SMILES string of the molecule is CC1=C(Br)C(=O)C(C)(C)O1. The summed E-state index contributed by atoms with van der Waals surface area (Å²) < 4.78 is 5.82. The lowest BCUT2D eigenvalue weighted by molar-refractivity contribution is -0.127. The Bertz CT molecular complexity index is 216. The molecule has 0 radical (unpaired) electrons. The Morgan fingerprint density at radius 3 is 2.10 bits per heavy atom. The summed E-state index contributed by atoms with van der Waals surface area (Å²) in [4.78, 5) is 11.2. The van der Waals surface area contributed by atoms with E-state index in [0.717, 1.165) is 0 Å². The van der Waals surface area contributed by atoms with E-state index in [2.05, 4.69) is 15.9 Å². The quantitative estimate of drug-likeness (QED) is 0.604. The van der Waals surface area contributed by atoms with Crippen molar-refractivity contribution in [1.82, 2.24) is 0 Å². The zero-order chi connectivity index (χ0) is 7.94. The first-order valence-electron chi connectivity index (χ1n) is 3.05. The average molecular weight is 205 g/mol. The molecule has 3 heteroatoms. The molecule has 0 unspecified atom stereocenters. The van der Waals surface area contributed by atoms with Crippen LogP contribution in [0.5, 0.6) is 0 Å². The molecule has 1 heterocycles. The van der Waals surface area contributed by atoms with E-state index in [1.807, 2.05) is 0 Å². The van der Waals surface area contributed by atoms with Gasteiger partial charge in [0.15, 0.2) is 5.60 Å². The van der Waals surface area contributed by atoms with Crippen LogP contribution in [0, 0.1) is 0 Å². The van der Waals surface area contributed by atoms with Crippen molar-refractivity contribution in [2.45, 2.75) is 26.4 Å². The normalized spacial score (nSPS) is 23.4. The highest BCUT2D eigenvalue weighted by atomic mass is 79.9. The van der Waals surface area contributed by atoms with Gasteiger partial charge in [0.05, 0.1) is 0 Å². The third-order valence-corrected chi connectivity index (χ3v) is 2.38. The third-order valence-electron chi connectivity index (χ3n) is 1.46. The molecule has 0 amide bonds. The maximum absolute atomic E-state index is 11.2. The number of allylic oxidation sites excluding steroid dienone is 1. The molecule has 0 aromatic heterocycles. The molecule has 0 bridgehead atoms. The molecule has 0 spiro atoms. The highest BCUT2D eigenvalue weighted by molar-refractivity contribution is 9.12. The van der Waals surface area contributed by atoms with E-state index >= 15 is 0 Å². The number of ether oxygens (including phenoxy) is 1. The van der Waals surface area contributed by atoms with Crippen molar-refractivity contribution < 1.29 is 9.53 Å². The molecule has 10 heavy (non-hydrogen) atoms. The van der Waals surface area contributed by atoms with Crippen LogP contribution in [0.25, 0.3) is 0 Å². The molecule has 0 aliphatic carbocycles. The Morgan fingerprint density at radius 1 is 1.50 bits per heavy atom. The number of halogens is 1. The zero-order valence-electron chi connectivity index (χ0n) is 6.19. The largest absolute Gasteiger partial charge is 0.483 e. The van der Waals surface area contributed by atoms with Crippen molar-refractivity contribution in [3.63, 3.8) is 0 Å². The predicted molar refractivity (Wildman–Crippen MR) is 41.8 cm³/mol. The fourth-order valence-corrected chi connectivity index (χ4v) is 1.46. The molecule has 0 saturated heterocycles. The second-order valence-corrected chi connectivity index (χ2v) is 3.60. The first-order valence-corrected chi connectivity index (χ1v) is 3.84. The summed E-state index contributed by atoms with van der Waals surface area (Å²) in [6, 6.07) is 0. The van der Waals surface area contributed by atoms with E-state index in [-0.39, 0.29) is 5.78 Å². The number of ketones is 1. The van der Waals surface area contributed by atoms with Crippen LogP contribution < -0.4 is 0 Å². The summed E-state index contributed by atoms with van der Waals surface area (Å²) >= 11 is 3.15. The summed E-state index contributed by atoms with van der Waals surface area (Å²) in [6.07, 6.45) is 0. The topological polar surface area (TPSA) is 26.3 Å². The zero-order valence-corrected chi connectivity index (χ0v) is 7.78. The van der Waals surface area contributed by atoms with Crippen molar-refractivity contribution in [2.75, 3.05) is 0 Å². The lowest BCUT2D eigenvalue weighted by Crippen LogP contribution is -2.28. The number of hydrogen-bond acceptors (Lipinski definition) is 2. The van der Waals surface area contributed by atoms with Gasteiger partial charge in [-0.2, -0.15) is 0 Å². The van der Waals surface area contributed by atoms with Crippen molar-refractivity contribution in [1.29, 1.82) is 0 Å². The van der Waals surface area contributed by atoms with E-state index in [9.17, 15) is 4.79 Å². The van der Waals surface area contributed by atoms with Crippen LogP contribution in [0.3, 0.4) is 0 Å². The predicted octanol–water partition coefficient (Wildman–Crippen LogP) is 1.99. The second kappa shape index (κ2) is 2.09. The maximum Gasteiger partial charge on any atom is 0.216 e. The van der Waals surface area contributed by atoms with E-state index in [0.29, 0.717) is 10.2 Å². The van der Waals surface area contributed by atoms with Crippen LogP contribution in [-0.2, 0) is 9.53 Å². The minimum atomic E-state index is -0.664. The van der Waals surface area contributed by atoms with Gasteiger partial charge in [0, 0.05) is 0 Å². The third kappa shape index (κ3) is 0.985.